The molecular weight excluding hydrogens is 478 g/mol. The van der Waals surface area contributed by atoms with Crippen LogP contribution < -0.4 is 20.7 Å². The Kier molecular flexibility index (Phi) is 9.10. The molecule has 0 aromatic heterocycles. The average Bonchev–Trinajstić information content (AvgIpc) is 2.98. The Morgan fingerprint density at radius 3 is 2.03 bits per heavy atom. The Bertz CT molecular complexity index is 1330. The van der Waals surface area contributed by atoms with Crippen molar-refractivity contribution < 1.29 is 19.1 Å². The van der Waals surface area contributed by atoms with E-state index in [1.165, 1.54) is 4.90 Å². The first-order valence-corrected chi connectivity index (χ1v) is 12.3. The van der Waals surface area contributed by atoms with Crippen LogP contribution in [0.1, 0.15) is 28.3 Å². The summed E-state index contributed by atoms with van der Waals surface area (Å²) < 4.78 is 11.3. The van der Waals surface area contributed by atoms with Gasteiger partial charge in [0.25, 0.3) is 5.91 Å². The van der Waals surface area contributed by atoms with Crippen LogP contribution in [0.2, 0.25) is 0 Å². The van der Waals surface area contributed by atoms with Gasteiger partial charge in [0, 0.05) is 19.3 Å². The first kappa shape index (κ1) is 26.4. The molecule has 0 saturated carbocycles. The number of anilines is 1. The lowest BCUT2D eigenvalue weighted by atomic mass is 10.0. The zero-order valence-corrected chi connectivity index (χ0v) is 21.2. The highest BCUT2D eigenvalue weighted by molar-refractivity contribution is 5.99. The molecule has 0 radical (unpaired) electrons. The Balaban J connectivity index is 1.51. The molecule has 38 heavy (non-hydrogen) atoms. The second-order valence-corrected chi connectivity index (χ2v) is 8.75. The summed E-state index contributed by atoms with van der Waals surface area (Å²) in [4.78, 5) is 27.9. The molecule has 0 saturated heterocycles. The van der Waals surface area contributed by atoms with Crippen LogP contribution in [0, 0.1) is 0 Å². The molecule has 0 fully saturated rings. The summed E-state index contributed by atoms with van der Waals surface area (Å²) in [6.45, 7) is 0.870. The largest absolute Gasteiger partial charge is 0.489 e. The predicted octanol–water partition coefficient (Wildman–Crippen LogP) is 5.35. The molecule has 4 aromatic carbocycles. The van der Waals surface area contributed by atoms with Crippen LogP contribution >= 0.6 is 0 Å². The van der Waals surface area contributed by atoms with Gasteiger partial charge < -0.3 is 25.4 Å². The molecule has 3 N–H and O–H groups in total. The van der Waals surface area contributed by atoms with Gasteiger partial charge in [-0.05, 0) is 46.5 Å². The van der Waals surface area contributed by atoms with Gasteiger partial charge >= 0.3 is 6.09 Å². The van der Waals surface area contributed by atoms with Gasteiger partial charge in [-0.15, -0.1) is 0 Å². The maximum Gasteiger partial charge on any atom is 0.408 e. The van der Waals surface area contributed by atoms with E-state index in [2.05, 4.69) is 5.32 Å². The lowest BCUT2D eigenvalue weighted by Crippen LogP contribution is -2.41. The quantitative estimate of drug-likeness (QED) is 0.300. The van der Waals surface area contributed by atoms with E-state index in [9.17, 15) is 9.59 Å². The first-order valence-electron chi connectivity index (χ1n) is 12.3. The van der Waals surface area contributed by atoms with Gasteiger partial charge in [-0.1, -0.05) is 84.9 Å². The van der Waals surface area contributed by atoms with Crippen LogP contribution in [0.15, 0.2) is 109 Å². The number of nitrogens with one attached hydrogen (secondary N) is 1. The molecule has 0 aliphatic rings. The summed E-state index contributed by atoms with van der Waals surface area (Å²) in [6, 6.07) is 32.7. The van der Waals surface area contributed by atoms with Crippen LogP contribution in [0.5, 0.6) is 5.75 Å². The molecular formula is C31H31N3O4. The number of likely N-dealkylation sites (N-methyl/N-ethyl adjacent to an activating group) is 1. The number of carbonyl (C=O) groups excluding carboxylic acids is 2. The molecule has 0 aliphatic carbocycles. The number of hydrogen-bond donors (Lipinski definition) is 2. The summed E-state index contributed by atoms with van der Waals surface area (Å²) in [6.07, 6.45) is -0.694. The van der Waals surface area contributed by atoms with E-state index in [-0.39, 0.29) is 12.5 Å². The van der Waals surface area contributed by atoms with Crippen LogP contribution in [-0.2, 0) is 29.3 Å². The molecule has 1 atom stereocenters. The van der Waals surface area contributed by atoms with Crippen molar-refractivity contribution in [3.05, 3.63) is 131 Å². The lowest BCUT2D eigenvalue weighted by Gasteiger charge is -2.25. The molecule has 4 rings (SSSR count). The minimum Gasteiger partial charge on any atom is -0.489 e. The van der Waals surface area contributed by atoms with Crippen molar-refractivity contribution in [2.24, 2.45) is 5.73 Å². The summed E-state index contributed by atoms with van der Waals surface area (Å²) in [5, 5.41) is 2.74. The second kappa shape index (κ2) is 13.1. The number of nitrogens with two attached hydrogens (primary N) is 1. The van der Waals surface area contributed by atoms with E-state index in [1.807, 2.05) is 84.9 Å². The van der Waals surface area contributed by atoms with Crippen LogP contribution in [0.4, 0.5) is 10.5 Å². The molecule has 194 valence electrons. The van der Waals surface area contributed by atoms with Crippen LogP contribution in [0.3, 0.4) is 0 Å². The number of alkyl carbamates (subject to hydrolysis) is 1. The van der Waals surface area contributed by atoms with Gasteiger partial charge in [0.1, 0.15) is 25.0 Å². The summed E-state index contributed by atoms with van der Waals surface area (Å²) in [5.74, 6) is 0.327. The number of benzene rings is 4. The maximum atomic E-state index is 13.6. The number of ether oxygens (including phenoxy) is 2. The number of hydrogen-bond acceptors (Lipinski definition) is 5. The zero-order chi connectivity index (χ0) is 26.7. The van der Waals surface area contributed by atoms with Gasteiger partial charge in [0.05, 0.1) is 0 Å². The molecule has 0 heterocycles. The number of rotatable bonds is 10. The summed E-state index contributed by atoms with van der Waals surface area (Å²) in [5.41, 5.74) is 9.84. The third-order valence-electron chi connectivity index (χ3n) is 6.05. The Hall–Kier alpha value is -4.62. The molecule has 0 spiro atoms. The molecule has 0 unspecified atom stereocenters. The molecule has 7 heteroatoms. The highest BCUT2D eigenvalue weighted by atomic mass is 16.5. The molecule has 7 nitrogen and oxygen atoms in total. The van der Waals surface area contributed by atoms with Crippen molar-refractivity contribution in [3.63, 3.8) is 0 Å². The first-order chi connectivity index (χ1) is 18.5. The second-order valence-electron chi connectivity index (χ2n) is 8.75. The van der Waals surface area contributed by atoms with E-state index in [1.54, 1.807) is 31.3 Å². The molecule has 0 aliphatic heterocycles. The van der Waals surface area contributed by atoms with Crippen LogP contribution in [-0.4, -0.2) is 19.0 Å². The highest BCUT2D eigenvalue weighted by Crippen LogP contribution is 2.24. The third-order valence-corrected chi connectivity index (χ3v) is 6.05. The van der Waals surface area contributed by atoms with E-state index in [0.717, 1.165) is 16.7 Å². The van der Waals surface area contributed by atoms with E-state index < -0.39 is 12.1 Å². The minimum absolute atomic E-state index is 0.0915. The Morgan fingerprint density at radius 2 is 1.39 bits per heavy atom. The van der Waals surface area contributed by atoms with E-state index in [4.69, 9.17) is 15.2 Å². The van der Waals surface area contributed by atoms with Gasteiger partial charge in [0.2, 0.25) is 0 Å². The molecule has 4 aromatic rings. The topological polar surface area (TPSA) is 93.9 Å². The molecule has 2 amide bonds. The number of carbonyl (C=O) groups is 2. The zero-order valence-electron chi connectivity index (χ0n) is 21.2. The Morgan fingerprint density at radius 1 is 0.789 bits per heavy atom. The van der Waals surface area contributed by atoms with Crippen molar-refractivity contribution in [1.82, 2.24) is 5.32 Å². The third kappa shape index (κ3) is 7.21. The van der Waals surface area contributed by atoms with Crippen molar-refractivity contribution in [2.45, 2.75) is 25.8 Å². The van der Waals surface area contributed by atoms with Gasteiger partial charge in [-0.25, -0.2) is 4.79 Å². The summed E-state index contributed by atoms with van der Waals surface area (Å²) >= 11 is 0. The number of nitrogens with zero attached hydrogens (tertiary/aromatic N) is 1. The average molecular weight is 510 g/mol. The van der Waals surface area contributed by atoms with Gasteiger partial charge in [-0.2, -0.15) is 0 Å². The van der Waals surface area contributed by atoms with Crippen molar-refractivity contribution in [3.8, 4) is 5.75 Å². The van der Waals surface area contributed by atoms with Gasteiger partial charge in [0.15, 0.2) is 0 Å². The fourth-order valence-corrected chi connectivity index (χ4v) is 3.88. The fourth-order valence-electron chi connectivity index (χ4n) is 3.88. The van der Waals surface area contributed by atoms with Gasteiger partial charge in [-0.3, -0.25) is 4.79 Å². The highest BCUT2D eigenvalue weighted by Gasteiger charge is 2.27. The van der Waals surface area contributed by atoms with Crippen LogP contribution in [0.25, 0.3) is 0 Å². The number of amides is 2. The maximum absolute atomic E-state index is 13.6. The monoisotopic (exact) mass is 509 g/mol. The minimum atomic E-state index is -0.979. The summed E-state index contributed by atoms with van der Waals surface area (Å²) in [7, 11) is 1.67. The smallest absolute Gasteiger partial charge is 0.408 e. The fraction of sp³-hybridized carbons (Fsp3) is 0.161. The van der Waals surface area contributed by atoms with E-state index in [0.29, 0.717) is 30.2 Å². The van der Waals surface area contributed by atoms with Crippen molar-refractivity contribution in [1.29, 1.82) is 0 Å². The predicted molar refractivity (Wildman–Crippen MR) is 147 cm³/mol. The van der Waals surface area contributed by atoms with Crippen molar-refractivity contribution in [2.75, 3.05) is 11.9 Å². The normalized spacial score (nSPS) is 11.3. The van der Waals surface area contributed by atoms with E-state index >= 15 is 0 Å². The molecule has 0 bridgehead atoms. The SMILES string of the molecule is CN(C(=O)[C@@H](NC(=O)OCc1ccccc1)c1ccc(OCc2ccccc2)cc1)c1cccc(CN)c1. The standard InChI is InChI=1S/C31H31N3O4/c1-34(27-14-8-13-25(19-27)20-32)30(35)29(33-31(36)38-22-24-11-6-3-7-12-24)26-15-17-28(18-16-26)37-21-23-9-4-2-5-10-23/h2-19,29H,20-22,32H2,1H3,(H,33,36)/t29-/m0/s1. The van der Waals surface area contributed by atoms with Crippen molar-refractivity contribution >= 4 is 17.7 Å². The lowest BCUT2D eigenvalue weighted by molar-refractivity contribution is -0.120. The Labute approximate surface area is 222 Å².